The number of hydrogen-bond donors (Lipinski definition) is 2. The number of hydrogen-bond acceptors (Lipinski definition) is 4. The second-order valence-electron chi connectivity index (χ2n) is 5.46. The molecule has 128 valence electrons. The number of fused-ring (bicyclic) bond motifs is 1. The molecule has 0 saturated carbocycles. The molecule has 0 fully saturated rings. The Labute approximate surface area is 140 Å². The Bertz CT molecular complexity index is 844. The van der Waals surface area contributed by atoms with Crippen LogP contribution in [0.4, 0.5) is 21.5 Å². The summed E-state index contributed by atoms with van der Waals surface area (Å²) in [5, 5.41) is 9.64. The third kappa shape index (κ3) is 2.72. The number of nitrogens with two attached hydrogens (primary N) is 1. The summed E-state index contributed by atoms with van der Waals surface area (Å²) in [7, 11) is -3.99. The number of nitrogens with zero attached hydrogens (tertiary/aromatic N) is 2. The summed E-state index contributed by atoms with van der Waals surface area (Å²) in [5.41, 5.74) is 6.17. The number of para-hydroxylation sites is 3. The van der Waals surface area contributed by atoms with Gasteiger partial charge in [-0.15, -0.1) is 0 Å². The third-order valence-corrected chi connectivity index (χ3v) is 5.68. The number of anilines is 3. The lowest BCUT2D eigenvalue weighted by Gasteiger charge is -2.22. The van der Waals surface area contributed by atoms with Gasteiger partial charge in [0.2, 0.25) is 0 Å². The highest BCUT2D eigenvalue weighted by Crippen LogP contribution is 2.45. The highest BCUT2D eigenvalue weighted by molar-refractivity contribution is 7.95. The van der Waals surface area contributed by atoms with E-state index in [2.05, 4.69) is 0 Å². The molecule has 0 aliphatic carbocycles. The topological polar surface area (TPSA) is 86.9 Å². The molecule has 2 aromatic carbocycles. The Morgan fingerprint density at radius 3 is 2.25 bits per heavy atom. The average molecular weight is 351 g/mol. The molecular formula is C16H18FN3O3S. The van der Waals surface area contributed by atoms with E-state index in [0.29, 0.717) is 11.4 Å². The van der Waals surface area contributed by atoms with Gasteiger partial charge in [-0.2, -0.15) is 8.42 Å². The number of aliphatic hydroxyl groups excluding tert-OH is 1. The van der Waals surface area contributed by atoms with Crippen LogP contribution < -0.4 is 14.3 Å². The van der Waals surface area contributed by atoms with Crippen LogP contribution in [0.2, 0.25) is 0 Å². The maximum absolute atomic E-state index is 14.2. The highest BCUT2D eigenvalue weighted by atomic mass is 32.2. The van der Waals surface area contributed by atoms with E-state index in [0.717, 1.165) is 4.31 Å². The molecule has 0 spiro atoms. The minimum absolute atomic E-state index is 0.0353. The molecule has 1 heterocycles. The summed E-state index contributed by atoms with van der Waals surface area (Å²) in [6, 6.07) is 12.4. The zero-order valence-electron chi connectivity index (χ0n) is 12.8. The number of rotatable bonds is 5. The van der Waals surface area contributed by atoms with Crippen molar-refractivity contribution in [3.05, 3.63) is 54.3 Å². The van der Waals surface area contributed by atoms with E-state index in [-0.39, 0.29) is 25.2 Å². The SMILES string of the molecule is NC[C@@H](O)CCN1c2ccccc2N(c2ccccc2F)S1(=O)=O. The molecule has 0 amide bonds. The summed E-state index contributed by atoms with van der Waals surface area (Å²) >= 11 is 0. The van der Waals surface area contributed by atoms with Gasteiger partial charge < -0.3 is 10.8 Å². The first-order valence-corrected chi connectivity index (χ1v) is 8.91. The van der Waals surface area contributed by atoms with Gasteiger partial charge in [0.15, 0.2) is 0 Å². The molecule has 2 aromatic rings. The third-order valence-electron chi connectivity index (χ3n) is 3.89. The van der Waals surface area contributed by atoms with Gasteiger partial charge in [-0.25, -0.2) is 8.70 Å². The van der Waals surface area contributed by atoms with E-state index >= 15 is 0 Å². The molecule has 0 aromatic heterocycles. The van der Waals surface area contributed by atoms with E-state index in [4.69, 9.17) is 5.73 Å². The monoisotopic (exact) mass is 351 g/mol. The van der Waals surface area contributed by atoms with Gasteiger partial charge in [-0.3, -0.25) is 4.31 Å². The number of halogens is 1. The first kappa shape index (κ1) is 16.7. The lowest BCUT2D eigenvalue weighted by molar-refractivity contribution is 0.176. The first-order valence-electron chi connectivity index (χ1n) is 7.51. The van der Waals surface area contributed by atoms with Crippen molar-refractivity contribution in [3.8, 4) is 0 Å². The Morgan fingerprint density at radius 2 is 1.62 bits per heavy atom. The molecule has 0 radical (unpaired) electrons. The van der Waals surface area contributed by atoms with Gasteiger partial charge >= 0.3 is 10.2 Å². The summed E-state index contributed by atoms with van der Waals surface area (Å²) in [4.78, 5) is 0. The summed E-state index contributed by atoms with van der Waals surface area (Å²) in [6.45, 7) is 0.106. The van der Waals surface area contributed by atoms with Crippen molar-refractivity contribution in [2.24, 2.45) is 5.73 Å². The molecule has 1 aliphatic rings. The zero-order valence-corrected chi connectivity index (χ0v) is 13.7. The average Bonchev–Trinajstić information content (AvgIpc) is 2.79. The van der Waals surface area contributed by atoms with Crippen LogP contribution in [0.15, 0.2) is 48.5 Å². The predicted molar refractivity (Wildman–Crippen MR) is 90.9 cm³/mol. The molecule has 3 rings (SSSR count). The van der Waals surface area contributed by atoms with E-state index < -0.39 is 22.1 Å². The van der Waals surface area contributed by atoms with Crippen molar-refractivity contribution in [2.45, 2.75) is 12.5 Å². The normalized spacial score (nSPS) is 17.0. The van der Waals surface area contributed by atoms with Gasteiger partial charge in [0, 0.05) is 13.1 Å². The fourth-order valence-corrected chi connectivity index (χ4v) is 4.42. The Morgan fingerprint density at radius 1 is 1.04 bits per heavy atom. The van der Waals surface area contributed by atoms with Crippen molar-refractivity contribution in [1.29, 1.82) is 0 Å². The number of aliphatic hydroxyl groups is 1. The quantitative estimate of drug-likeness (QED) is 0.859. The van der Waals surface area contributed by atoms with Crippen molar-refractivity contribution in [1.82, 2.24) is 0 Å². The van der Waals surface area contributed by atoms with Gasteiger partial charge in [0.25, 0.3) is 0 Å². The van der Waals surface area contributed by atoms with E-state index in [1.165, 1.54) is 22.5 Å². The standard InChI is InChI=1S/C16H18FN3O3S/c17-13-5-1-2-6-14(13)20-16-8-4-3-7-15(16)19(24(20,22)23)10-9-12(21)11-18/h1-8,12,21H,9-11,18H2/t12-/m0/s1. The summed E-state index contributed by atoms with van der Waals surface area (Å²) < 4.78 is 42.3. The Hall–Kier alpha value is -2.16. The van der Waals surface area contributed by atoms with Crippen LogP contribution in [-0.2, 0) is 10.2 Å². The summed E-state index contributed by atoms with van der Waals surface area (Å²) in [5.74, 6) is -0.625. The predicted octanol–water partition coefficient (Wildman–Crippen LogP) is 1.74. The van der Waals surface area contributed by atoms with Gasteiger partial charge in [-0.05, 0) is 30.7 Å². The molecule has 24 heavy (non-hydrogen) atoms. The minimum Gasteiger partial charge on any atom is -0.392 e. The van der Waals surface area contributed by atoms with E-state index in [9.17, 15) is 17.9 Å². The van der Waals surface area contributed by atoms with Crippen LogP contribution >= 0.6 is 0 Å². The van der Waals surface area contributed by atoms with Crippen LogP contribution in [0, 0.1) is 5.82 Å². The van der Waals surface area contributed by atoms with Crippen LogP contribution in [0.1, 0.15) is 6.42 Å². The van der Waals surface area contributed by atoms with E-state index in [1.54, 1.807) is 30.3 Å². The summed E-state index contributed by atoms with van der Waals surface area (Å²) in [6.07, 6.45) is -0.607. The zero-order chi connectivity index (χ0) is 17.3. The van der Waals surface area contributed by atoms with Crippen molar-refractivity contribution >= 4 is 27.3 Å². The lowest BCUT2D eigenvalue weighted by atomic mass is 10.2. The van der Waals surface area contributed by atoms with Crippen LogP contribution in [0.25, 0.3) is 0 Å². The Balaban J connectivity index is 2.07. The van der Waals surface area contributed by atoms with Gasteiger partial charge in [0.05, 0.1) is 23.2 Å². The fraction of sp³-hybridized carbons (Fsp3) is 0.250. The fourth-order valence-electron chi connectivity index (χ4n) is 2.68. The van der Waals surface area contributed by atoms with Gasteiger partial charge in [0.1, 0.15) is 5.82 Å². The lowest BCUT2D eigenvalue weighted by Crippen LogP contribution is -2.38. The van der Waals surface area contributed by atoms with Crippen molar-refractivity contribution < 1.29 is 17.9 Å². The van der Waals surface area contributed by atoms with Crippen LogP contribution in [-0.4, -0.2) is 32.7 Å². The molecule has 3 N–H and O–H groups in total. The van der Waals surface area contributed by atoms with Crippen LogP contribution in [0.5, 0.6) is 0 Å². The first-order chi connectivity index (χ1) is 11.5. The van der Waals surface area contributed by atoms with Crippen molar-refractivity contribution in [2.75, 3.05) is 21.7 Å². The molecule has 0 bridgehead atoms. The maximum Gasteiger partial charge on any atom is 0.331 e. The molecule has 6 nitrogen and oxygen atoms in total. The second kappa shape index (κ2) is 6.39. The number of benzene rings is 2. The molecule has 8 heteroatoms. The van der Waals surface area contributed by atoms with Gasteiger partial charge in [-0.1, -0.05) is 24.3 Å². The second-order valence-corrected chi connectivity index (χ2v) is 7.16. The minimum atomic E-state index is -3.99. The van der Waals surface area contributed by atoms with Crippen molar-refractivity contribution in [3.63, 3.8) is 0 Å². The highest BCUT2D eigenvalue weighted by Gasteiger charge is 2.41. The molecule has 0 unspecified atom stereocenters. The Kier molecular flexibility index (Phi) is 4.44. The molecule has 1 aliphatic heterocycles. The smallest absolute Gasteiger partial charge is 0.331 e. The molecular weight excluding hydrogens is 333 g/mol. The molecule has 0 saturated heterocycles. The molecule has 1 atom stereocenters. The largest absolute Gasteiger partial charge is 0.392 e. The van der Waals surface area contributed by atoms with E-state index in [1.807, 2.05) is 0 Å². The van der Waals surface area contributed by atoms with Crippen LogP contribution in [0.3, 0.4) is 0 Å². The maximum atomic E-state index is 14.2.